The van der Waals surface area contributed by atoms with Gasteiger partial charge >= 0.3 is 0 Å². The highest BCUT2D eigenvalue weighted by Gasteiger charge is 2.34. The Bertz CT molecular complexity index is 989. The molecule has 1 aliphatic rings. The average Bonchev–Trinajstić information content (AvgIpc) is 3.23. The van der Waals surface area contributed by atoms with Crippen LogP contribution >= 0.6 is 0 Å². The summed E-state index contributed by atoms with van der Waals surface area (Å²) in [7, 11) is 1.65. The van der Waals surface area contributed by atoms with Crippen molar-refractivity contribution in [3.63, 3.8) is 0 Å². The minimum Gasteiger partial charge on any atom is -0.497 e. The number of carbonyl (C=O) groups is 2. The molecule has 6 nitrogen and oxygen atoms in total. The molecule has 34 heavy (non-hydrogen) atoms. The highest BCUT2D eigenvalue weighted by molar-refractivity contribution is 5.85. The van der Waals surface area contributed by atoms with Gasteiger partial charge in [0.1, 0.15) is 12.3 Å². The van der Waals surface area contributed by atoms with Crippen LogP contribution in [0.5, 0.6) is 5.75 Å². The van der Waals surface area contributed by atoms with Crippen LogP contribution in [0.2, 0.25) is 0 Å². The topological polar surface area (TPSA) is 54.8 Å². The maximum absolute atomic E-state index is 13.7. The molecule has 3 rings (SSSR count). The quantitative estimate of drug-likeness (QED) is 0.541. The number of hydrogen-bond donors (Lipinski definition) is 0. The Morgan fingerprint density at radius 3 is 2.50 bits per heavy atom. The summed E-state index contributed by atoms with van der Waals surface area (Å²) >= 11 is 0. The maximum Gasteiger partial charge on any atom is 0.243 e. The van der Waals surface area contributed by atoms with Crippen molar-refractivity contribution in [3.8, 4) is 5.75 Å². The Kier molecular flexibility index (Phi) is 8.11. The molecule has 1 aliphatic heterocycles. The molecule has 0 fully saturated rings. The van der Waals surface area contributed by atoms with Gasteiger partial charge < -0.3 is 19.1 Å². The molecule has 2 atom stereocenters. The number of aromatic nitrogens is 1. The number of rotatable bonds is 8. The zero-order valence-electron chi connectivity index (χ0n) is 21.9. The van der Waals surface area contributed by atoms with Crippen molar-refractivity contribution in [1.29, 1.82) is 0 Å². The molecule has 0 bridgehead atoms. The third kappa shape index (κ3) is 6.22. The molecule has 2 amide bonds. The number of hydrogen-bond acceptors (Lipinski definition) is 3. The Morgan fingerprint density at radius 1 is 1.12 bits per heavy atom. The predicted octanol–water partition coefficient (Wildman–Crippen LogP) is 5.13. The molecule has 0 radical (unpaired) electrons. The molecule has 0 saturated carbocycles. The van der Waals surface area contributed by atoms with Crippen LogP contribution in [0, 0.1) is 11.3 Å². The van der Waals surface area contributed by atoms with Crippen molar-refractivity contribution in [2.24, 2.45) is 11.3 Å². The van der Waals surface area contributed by atoms with Gasteiger partial charge in [0, 0.05) is 37.4 Å². The number of carbonyl (C=O) groups excluding carboxylic acids is 2. The van der Waals surface area contributed by atoms with E-state index >= 15 is 0 Å². The van der Waals surface area contributed by atoms with Crippen molar-refractivity contribution in [3.05, 3.63) is 53.9 Å². The second kappa shape index (κ2) is 10.7. The highest BCUT2D eigenvalue weighted by Crippen LogP contribution is 2.34. The van der Waals surface area contributed by atoms with Gasteiger partial charge in [0.25, 0.3) is 0 Å². The number of amides is 2. The number of nitrogens with zero attached hydrogens (tertiary/aromatic N) is 3. The molecule has 6 heteroatoms. The molecule has 1 aromatic carbocycles. The first-order chi connectivity index (χ1) is 16.0. The fourth-order valence-electron chi connectivity index (χ4n) is 5.14. The van der Waals surface area contributed by atoms with Crippen molar-refractivity contribution in [1.82, 2.24) is 14.4 Å². The summed E-state index contributed by atoms with van der Waals surface area (Å²) in [4.78, 5) is 30.6. The molecule has 186 valence electrons. The number of methoxy groups -OCH3 is 1. The molecule has 0 N–H and O–H groups in total. The van der Waals surface area contributed by atoms with Crippen LogP contribution < -0.4 is 4.74 Å². The van der Waals surface area contributed by atoms with Crippen molar-refractivity contribution in [2.75, 3.05) is 20.2 Å². The van der Waals surface area contributed by atoms with Gasteiger partial charge in [-0.1, -0.05) is 39.8 Å². The molecule has 2 unspecified atom stereocenters. The lowest BCUT2D eigenvalue weighted by Gasteiger charge is -2.39. The monoisotopic (exact) mass is 467 g/mol. The fourth-order valence-corrected chi connectivity index (χ4v) is 5.14. The van der Waals surface area contributed by atoms with Crippen LogP contribution in [-0.2, 0) is 16.1 Å². The normalized spacial score (nSPS) is 16.8. The van der Waals surface area contributed by atoms with Gasteiger partial charge in [-0.3, -0.25) is 9.59 Å². The van der Waals surface area contributed by atoms with Gasteiger partial charge in [-0.05, 0) is 61.4 Å². The standard InChI is InChI=1S/C28H41N3O3/c1-20(2)31(25(32)16-21(3)18-28(4,5)6)19-26(33)30-15-14-29-13-9-12-24(29)27(30)22-10-8-11-23(17-22)34-7/h8-13,17,20-21,27H,14-16,18-19H2,1-7H3. The molecule has 2 heterocycles. The zero-order valence-corrected chi connectivity index (χ0v) is 21.9. The molecule has 2 aromatic rings. The van der Waals surface area contributed by atoms with E-state index in [1.54, 1.807) is 12.0 Å². The number of ether oxygens (including phenoxy) is 1. The van der Waals surface area contributed by atoms with E-state index in [4.69, 9.17) is 4.74 Å². The molecule has 1 aromatic heterocycles. The summed E-state index contributed by atoms with van der Waals surface area (Å²) < 4.78 is 7.65. The van der Waals surface area contributed by atoms with Crippen LogP contribution in [-0.4, -0.2) is 52.4 Å². The van der Waals surface area contributed by atoms with Gasteiger partial charge in [0.2, 0.25) is 11.8 Å². The van der Waals surface area contributed by atoms with Crippen molar-refractivity contribution in [2.45, 2.75) is 73.0 Å². The van der Waals surface area contributed by atoms with E-state index in [9.17, 15) is 9.59 Å². The Balaban J connectivity index is 1.82. The number of fused-ring (bicyclic) bond motifs is 1. The van der Waals surface area contributed by atoms with E-state index in [1.165, 1.54) is 0 Å². The molecular weight excluding hydrogens is 426 g/mol. The van der Waals surface area contributed by atoms with E-state index < -0.39 is 0 Å². The first kappa shape index (κ1) is 25.9. The summed E-state index contributed by atoms with van der Waals surface area (Å²) in [5.41, 5.74) is 2.26. The first-order valence-corrected chi connectivity index (χ1v) is 12.4. The fraction of sp³-hybridized carbons (Fsp3) is 0.571. The Labute approximate surface area is 204 Å². The molecule has 0 spiro atoms. The summed E-state index contributed by atoms with van der Waals surface area (Å²) in [5, 5.41) is 0. The third-order valence-electron chi connectivity index (χ3n) is 6.50. The Hall–Kier alpha value is -2.76. The highest BCUT2D eigenvalue weighted by atomic mass is 16.5. The van der Waals surface area contributed by atoms with E-state index in [0.29, 0.717) is 13.0 Å². The van der Waals surface area contributed by atoms with Gasteiger partial charge in [-0.25, -0.2) is 0 Å². The van der Waals surface area contributed by atoms with Crippen LogP contribution in [0.3, 0.4) is 0 Å². The minimum atomic E-state index is -0.213. The van der Waals surface area contributed by atoms with Gasteiger partial charge in [0.15, 0.2) is 0 Å². The van der Waals surface area contributed by atoms with E-state index in [2.05, 4.69) is 44.5 Å². The SMILES string of the molecule is COc1cccc(C2c3cccn3CCN2C(=O)CN(C(=O)CC(C)CC(C)(C)C)C(C)C)c1. The second-order valence-corrected chi connectivity index (χ2v) is 11.1. The van der Waals surface area contributed by atoms with Crippen LogP contribution in [0.15, 0.2) is 42.6 Å². The minimum absolute atomic E-state index is 0.0224. The summed E-state index contributed by atoms with van der Waals surface area (Å²) in [6, 6.07) is 11.7. The van der Waals surface area contributed by atoms with Crippen LogP contribution in [0.25, 0.3) is 0 Å². The lowest BCUT2D eigenvalue weighted by atomic mass is 9.84. The molecule has 0 saturated heterocycles. The number of benzene rings is 1. The summed E-state index contributed by atoms with van der Waals surface area (Å²) in [5.74, 6) is 1.07. The molecule has 0 aliphatic carbocycles. The van der Waals surface area contributed by atoms with Gasteiger partial charge in [-0.15, -0.1) is 0 Å². The summed E-state index contributed by atoms with van der Waals surface area (Å²) in [6.07, 6.45) is 3.50. The zero-order chi connectivity index (χ0) is 25.0. The van der Waals surface area contributed by atoms with E-state index in [0.717, 1.165) is 30.0 Å². The Morgan fingerprint density at radius 2 is 1.85 bits per heavy atom. The van der Waals surface area contributed by atoms with Gasteiger partial charge in [-0.2, -0.15) is 0 Å². The van der Waals surface area contributed by atoms with Crippen LogP contribution in [0.1, 0.15) is 71.7 Å². The van der Waals surface area contributed by atoms with E-state index in [1.807, 2.05) is 49.1 Å². The van der Waals surface area contributed by atoms with E-state index in [-0.39, 0.29) is 41.8 Å². The summed E-state index contributed by atoms with van der Waals surface area (Å²) in [6.45, 7) is 14.1. The predicted molar refractivity (Wildman–Crippen MR) is 136 cm³/mol. The third-order valence-corrected chi connectivity index (χ3v) is 6.50. The molecular formula is C28H41N3O3. The maximum atomic E-state index is 13.7. The van der Waals surface area contributed by atoms with Gasteiger partial charge in [0.05, 0.1) is 13.2 Å². The van der Waals surface area contributed by atoms with Crippen molar-refractivity contribution < 1.29 is 14.3 Å². The van der Waals surface area contributed by atoms with Crippen molar-refractivity contribution >= 4 is 11.8 Å². The first-order valence-electron chi connectivity index (χ1n) is 12.4. The smallest absolute Gasteiger partial charge is 0.243 e. The van der Waals surface area contributed by atoms with Crippen LogP contribution in [0.4, 0.5) is 0 Å². The largest absolute Gasteiger partial charge is 0.497 e. The lowest BCUT2D eigenvalue weighted by molar-refractivity contribution is -0.144. The average molecular weight is 468 g/mol. The second-order valence-electron chi connectivity index (χ2n) is 11.1. The lowest BCUT2D eigenvalue weighted by Crippen LogP contribution is -2.49.